The fourth-order valence-corrected chi connectivity index (χ4v) is 1.49. The van der Waals surface area contributed by atoms with E-state index in [1.54, 1.807) is 36.5 Å². The number of carbonyl (C=O) groups is 1. The highest BCUT2D eigenvalue weighted by Crippen LogP contribution is 2.06. The molecule has 1 atom stereocenters. The van der Waals surface area contributed by atoms with Crippen LogP contribution in [0.5, 0.6) is 0 Å². The summed E-state index contributed by atoms with van der Waals surface area (Å²) in [5.41, 5.74) is 6.62. The van der Waals surface area contributed by atoms with Gasteiger partial charge in [-0.2, -0.15) is 0 Å². The van der Waals surface area contributed by atoms with E-state index in [-0.39, 0.29) is 11.9 Å². The molecule has 0 saturated heterocycles. The van der Waals surface area contributed by atoms with Crippen molar-refractivity contribution in [1.82, 2.24) is 9.88 Å². The third kappa shape index (κ3) is 4.15. The lowest BCUT2D eigenvalue weighted by Crippen LogP contribution is -2.34. The number of aromatic nitrogens is 1. The summed E-state index contributed by atoms with van der Waals surface area (Å²) in [6.45, 7) is 4.87. The van der Waals surface area contributed by atoms with Gasteiger partial charge in [-0.1, -0.05) is 13.8 Å². The van der Waals surface area contributed by atoms with Crippen LogP contribution in [0.1, 0.15) is 30.6 Å². The average Bonchev–Trinajstić information content (AvgIpc) is 2.35. The van der Waals surface area contributed by atoms with Crippen LogP contribution in [0.25, 0.3) is 0 Å². The zero-order valence-corrected chi connectivity index (χ0v) is 10.8. The first kappa shape index (κ1) is 13.6. The van der Waals surface area contributed by atoms with E-state index in [1.807, 2.05) is 0 Å². The summed E-state index contributed by atoms with van der Waals surface area (Å²) in [5.74, 6) is 0.461. The number of nitrogens with two attached hydrogens (primary N) is 1. The van der Waals surface area contributed by atoms with Gasteiger partial charge in [0.15, 0.2) is 0 Å². The van der Waals surface area contributed by atoms with Crippen molar-refractivity contribution < 1.29 is 4.79 Å². The Morgan fingerprint density at radius 1 is 1.41 bits per heavy atom. The molecule has 0 spiro atoms. The highest BCUT2D eigenvalue weighted by atomic mass is 16.2. The Morgan fingerprint density at radius 3 is 2.53 bits per heavy atom. The van der Waals surface area contributed by atoms with Crippen LogP contribution in [0.4, 0.5) is 0 Å². The number of carbonyl (C=O) groups excluding carboxylic acids is 1. The minimum Gasteiger partial charge on any atom is -0.342 e. The zero-order valence-electron chi connectivity index (χ0n) is 10.8. The first-order valence-electron chi connectivity index (χ1n) is 5.93. The largest absolute Gasteiger partial charge is 0.342 e. The molecule has 0 bridgehead atoms. The van der Waals surface area contributed by atoms with Gasteiger partial charge in [0.05, 0.1) is 0 Å². The summed E-state index contributed by atoms with van der Waals surface area (Å²) in [6.07, 6.45) is 4.08. The van der Waals surface area contributed by atoms with Crippen molar-refractivity contribution in [1.29, 1.82) is 0 Å². The van der Waals surface area contributed by atoms with Gasteiger partial charge in [0.2, 0.25) is 0 Å². The molecule has 0 aliphatic carbocycles. The van der Waals surface area contributed by atoms with E-state index in [9.17, 15) is 4.79 Å². The number of rotatable bonds is 5. The lowest BCUT2D eigenvalue weighted by atomic mass is 10.0. The molecule has 1 unspecified atom stereocenters. The van der Waals surface area contributed by atoms with Crippen molar-refractivity contribution in [3.05, 3.63) is 30.1 Å². The Morgan fingerprint density at radius 2 is 2.00 bits per heavy atom. The van der Waals surface area contributed by atoms with Crippen LogP contribution in [0.3, 0.4) is 0 Å². The monoisotopic (exact) mass is 235 g/mol. The SMILES string of the molecule is CC(C)C(N)CCN(C)C(=O)c1ccncc1. The molecule has 4 nitrogen and oxygen atoms in total. The molecule has 0 aromatic carbocycles. The molecular weight excluding hydrogens is 214 g/mol. The Balaban J connectivity index is 2.48. The lowest BCUT2D eigenvalue weighted by Gasteiger charge is -2.21. The normalized spacial score (nSPS) is 12.5. The highest BCUT2D eigenvalue weighted by Gasteiger charge is 2.13. The summed E-state index contributed by atoms with van der Waals surface area (Å²) in [4.78, 5) is 17.6. The second-order valence-electron chi connectivity index (χ2n) is 4.66. The van der Waals surface area contributed by atoms with Gasteiger partial charge in [0, 0.05) is 37.6 Å². The summed E-state index contributed by atoms with van der Waals surface area (Å²) in [5, 5.41) is 0. The van der Waals surface area contributed by atoms with E-state index in [2.05, 4.69) is 18.8 Å². The Hall–Kier alpha value is -1.42. The van der Waals surface area contributed by atoms with Crippen molar-refractivity contribution >= 4 is 5.91 Å². The summed E-state index contributed by atoms with van der Waals surface area (Å²) >= 11 is 0. The predicted octanol–water partition coefficient (Wildman–Crippen LogP) is 1.53. The van der Waals surface area contributed by atoms with Crippen LogP contribution in [0, 0.1) is 5.92 Å². The maximum atomic E-state index is 12.0. The molecule has 94 valence electrons. The van der Waals surface area contributed by atoms with E-state index >= 15 is 0 Å². The molecule has 17 heavy (non-hydrogen) atoms. The minimum absolute atomic E-state index is 0.0170. The molecular formula is C13H21N3O. The standard InChI is InChI=1S/C13H21N3O/c1-10(2)12(14)6-9-16(3)13(17)11-4-7-15-8-5-11/h4-5,7-8,10,12H,6,9,14H2,1-3H3. The first-order chi connectivity index (χ1) is 8.02. The van der Waals surface area contributed by atoms with E-state index < -0.39 is 0 Å². The molecule has 0 aliphatic heterocycles. The maximum Gasteiger partial charge on any atom is 0.253 e. The Kier molecular flexibility index (Phi) is 5.10. The molecule has 0 aliphatic rings. The van der Waals surface area contributed by atoms with E-state index in [4.69, 9.17) is 5.73 Å². The van der Waals surface area contributed by atoms with Gasteiger partial charge >= 0.3 is 0 Å². The molecule has 2 N–H and O–H groups in total. The fourth-order valence-electron chi connectivity index (χ4n) is 1.49. The van der Waals surface area contributed by atoms with Crippen LogP contribution < -0.4 is 5.73 Å². The van der Waals surface area contributed by atoms with Crippen molar-refractivity contribution in [2.75, 3.05) is 13.6 Å². The molecule has 0 fully saturated rings. The lowest BCUT2D eigenvalue weighted by molar-refractivity contribution is 0.0789. The van der Waals surface area contributed by atoms with Gasteiger partial charge in [0.1, 0.15) is 0 Å². The van der Waals surface area contributed by atoms with Gasteiger partial charge in [0.25, 0.3) is 5.91 Å². The molecule has 1 heterocycles. The van der Waals surface area contributed by atoms with Crippen LogP contribution in [-0.2, 0) is 0 Å². The second-order valence-corrected chi connectivity index (χ2v) is 4.66. The van der Waals surface area contributed by atoms with Gasteiger partial charge in [-0.05, 0) is 24.5 Å². The topological polar surface area (TPSA) is 59.2 Å². The summed E-state index contributed by atoms with van der Waals surface area (Å²) in [7, 11) is 1.80. The van der Waals surface area contributed by atoms with E-state index in [1.165, 1.54) is 0 Å². The molecule has 0 radical (unpaired) electrons. The molecule has 1 aromatic heterocycles. The molecule has 4 heteroatoms. The molecule has 0 saturated carbocycles. The number of nitrogens with zero attached hydrogens (tertiary/aromatic N) is 2. The first-order valence-corrected chi connectivity index (χ1v) is 5.93. The van der Waals surface area contributed by atoms with Crippen LogP contribution in [0.2, 0.25) is 0 Å². The van der Waals surface area contributed by atoms with Crippen molar-refractivity contribution in [3.8, 4) is 0 Å². The van der Waals surface area contributed by atoms with Crippen molar-refractivity contribution in [3.63, 3.8) is 0 Å². The van der Waals surface area contributed by atoms with E-state index in [0.29, 0.717) is 18.0 Å². The third-order valence-electron chi connectivity index (χ3n) is 2.93. The van der Waals surface area contributed by atoms with Crippen LogP contribution in [0.15, 0.2) is 24.5 Å². The molecule has 1 amide bonds. The smallest absolute Gasteiger partial charge is 0.253 e. The van der Waals surface area contributed by atoms with E-state index in [0.717, 1.165) is 6.42 Å². The predicted molar refractivity (Wildman–Crippen MR) is 68.6 cm³/mol. The molecule has 1 rings (SSSR count). The minimum atomic E-state index is 0.0170. The third-order valence-corrected chi connectivity index (χ3v) is 2.93. The summed E-state index contributed by atoms with van der Waals surface area (Å²) in [6, 6.07) is 3.59. The summed E-state index contributed by atoms with van der Waals surface area (Å²) < 4.78 is 0. The van der Waals surface area contributed by atoms with Gasteiger partial charge < -0.3 is 10.6 Å². The second kappa shape index (κ2) is 6.35. The Bertz CT molecular complexity index is 351. The fraction of sp³-hybridized carbons (Fsp3) is 0.538. The number of hydrogen-bond donors (Lipinski definition) is 1. The quantitative estimate of drug-likeness (QED) is 0.842. The van der Waals surface area contributed by atoms with Gasteiger partial charge in [-0.25, -0.2) is 0 Å². The van der Waals surface area contributed by atoms with Crippen LogP contribution in [-0.4, -0.2) is 35.4 Å². The van der Waals surface area contributed by atoms with Crippen molar-refractivity contribution in [2.45, 2.75) is 26.3 Å². The highest BCUT2D eigenvalue weighted by molar-refractivity contribution is 5.93. The maximum absolute atomic E-state index is 12.0. The zero-order chi connectivity index (χ0) is 12.8. The number of amides is 1. The average molecular weight is 235 g/mol. The van der Waals surface area contributed by atoms with Crippen LogP contribution >= 0.6 is 0 Å². The molecule has 1 aromatic rings. The van der Waals surface area contributed by atoms with Crippen molar-refractivity contribution in [2.24, 2.45) is 11.7 Å². The van der Waals surface area contributed by atoms with Gasteiger partial charge in [-0.3, -0.25) is 9.78 Å². The number of pyridine rings is 1. The Labute approximate surface area is 103 Å². The number of hydrogen-bond acceptors (Lipinski definition) is 3. The van der Waals surface area contributed by atoms with Gasteiger partial charge in [-0.15, -0.1) is 0 Å².